The van der Waals surface area contributed by atoms with Gasteiger partial charge in [-0.15, -0.1) is 0 Å². The first-order valence-electron chi connectivity index (χ1n) is 7.92. The first-order chi connectivity index (χ1) is 12.9. The predicted molar refractivity (Wildman–Crippen MR) is 124 cm³/mol. The van der Waals surface area contributed by atoms with Gasteiger partial charge in [0, 0.05) is 21.2 Å². The molecule has 9 heteroatoms. The molecule has 2 N–H and O–H groups in total. The van der Waals surface area contributed by atoms with Crippen LogP contribution in [-0.4, -0.2) is 26.2 Å². The average molecular weight is 481 g/mol. The van der Waals surface area contributed by atoms with E-state index >= 15 is 0 Å². The summed E-state index contributed by atoms with van der Waals surface area (Å²) in [4.78, 5) is 21.2. The van der Waals surface area contributed by atoms with Crippen molar-refractivity contribution in [1.82, 2.24) is 9.97 Å². The molecule has 0 radical (unpaired) electrons. The molecule has 0 bridgehead atoms. The highest BCUT2D eigenvalue weighted by atomic mass is 79.9. The van der Waals surface area contributed by atoms with E-state index in [4.69, 9.17) is 0 Å². The van der Waals surface area contributed by atoms with E-state index < -0.39 is 4.08 Å². The molecule has 1 unspecified atom stereocenters. The van der Waals surface area contributed by atoms with Crippen LogP contribution in [0.4, 0.5) is 17.2 Å². The number of thiol groups is 1. The van der Waals surface area contributed by atoms with Gasteiger partial charge in [-0.05, 0) is 49.6 Å². The number of rotatable bonds is 6. The van der Waals surface area contributed by atoms with Crippen LogP contribution in [-0.2, 0) is 4.79 Å². The molecule has 3 aromatic rings. The van der Waals surface area contributed by atoms with E-state index in [0.717, 1.165) is 21.1 Å². The van der Waals surface area contributed by atoms with Gasteiger partial charge in [0.25, 0.3) is 5.91 Å². The molecule has 0 spiro atoms. The second-order valence-electron chi connectivity index (χ2n) is 5.78. The van der Waals surface area contributed by atoms with E-state index in [9.17, 15) is 4.79 Å². The molecule has 0 saturated carbocycles. The maximum atomic E-state index is 12.5. The lowest BCUT2D eigenvalue weighted by atomic mass is 10.2. The van der Waals surface area contributed by atoms with Crippen LogP contribution in [0.5, 0.6) is 0 Å². The molecule has 1 amide bonds. The second kappa shape index (κ2) is 8.72. The van der Waals surface area contributed by atoms with Crippen molar-refractivity contribution in [3.63, 3.8) is 0 Å². The van der Waals surface area contributed by atoms with E-state index in [-0.39, 0.29) is 5.91 Å². The van der Waals surface area contributed by atoms with Crippen LogP contribution in [0.3, 0.4) is 0 Å². The molecule has 5 nitrogen and oxygen atoms in total. The lowest BCUT2D eigenvalue weighted by molar-refractivity contribution is -0.116. The van der Waals surface area contributed by atoms with Gasteiger partial charge in [0.2, 0.25) is 0 Å². The van der Waals surface area contributed by atoms with Crippen molar-refractivity contribution in [3.8, 4) is 0 Å². The molecule has 0 aliphatic heterocycles. The minimum atomic E-state index is -0.834. The standard InChI is InChI=1S/C18H17BrN4OS3/c1-18(25,27-26-2)17(24)23-13-6-7-15-14(9-13)16(21-10-20-15)22-12-5-3-4-11(19)8-12/h3-10,25H,1-2H3,(H,23,24)(H,20,21,22). The number of hydrogen-bond acceptors (Lipinski definition) is 7. The van der Waals surface area contributed by atoms with Gasteiger partial charge in [0.05, 0.1) is 5.52 Å². The average Bonchev–Trinajstić information content (AvgIpc) is 2.62. The topological polar surface area (TPSA) is 66.9 Å². The molecule has 2 aromatic carbocycles. The molecular weight excluding hydrogens is 464 g/mol. The minimum Gasteiger partial charge on any atom is -0.340 e. The number of nitrogens with zero attached hydrogens (tertiary/aromatic N) is 2. The summed E-state index contributed by atoms with van der Waals surface area (Å²) in [6, 6.07) is 13.4. The van der Waals surface area contributed by atoms with Crippen LogP contribution in [0.1, 0.15) is 6.92 Å². The Labute approximate surface area is 179 Å². The molecule has 0 aliphatic carbocycles. The zero-order valence-electron chi connectivity index (χ0n) is 14.6. The number of aromatic nitrogens is 2. The Morgan fingerprint density at radius 1 is 1.19 bits per heavy atom. The first kappa shape index (κ1) is 20.3. The summed E-state index contributed by atoms with van der Waals surface area (Å²) in [5.74, 6) is 0.490. The number of nitrogens with one attached hydrogen (secondary N) is 2. The number of hydrogen-bond donors (Lipinski definition) is 3. The van der Waals surface area contributed by atoms with E-state index in [1.54, 1.807) is 6.92 Å². The fourth-order valence-corrected chi connectivity index (χ4v) is 5.16. The van der Waals surface area contributed by atoms with Crippen molar-refractivity contribution in [2.45, 2.75) is 11.0 Å². The van der Waals surface area contributed by atoms with Gasteiger partial charge < -0.3 is 10.6 Å². The number of benzene rings is 2. The first-order valence-corrected chi connectivity index (χ1v) is 11.7. The number of anilines is 3. The quantitative estimate of drug-likeness (QED) is 0.237. The Bertz CT molecular complexity index is 984. The summed E-state index contributed by atoms with van der Waals surface area (Å²) < 4.78 is 0.136. The van der Waals surface area contributed by atoms with Crippen LogP contribution in [0, 0.1) is 0 Å². The minimum absolute atomic E-state index is 0.178. The van der Waals surface area contributed by atoms with Crippen molar-refractivity contribution < 1.29 is 4.79 Å². The van der Waals surface area contributed by atoms with Crippen molar-refractivity contribution in [1.29, 1.82) is 0 Å². The van der Waals surface area contributed by atoms with Gasteiger partial charge in [-0.25, -0.2) is 9.97 Å². The molecule has 0 aliphatic rings. The summed E-state index contributed by atoms with van der Waals surface area (Å²) >= 11 is 7.91. The van der Waals surface area contributed by atoms with Crippen molar-refractivity contribution in [3.05, 3.63) is 53.3 Å². The number of halogens is 1. The Morgan fingerprint density at radius 2 is 2.00 bits per heavy atom. The van der Waals surface area contributed by atoms with Gasteiger partial charge >= 0.3 is 0 Å². The molecule has 27 heavy (non-hydrogen) atoms. The summed E-state index contributed by atoms with van der Waals surface area (Å²) in [5.41, 5.74) is 2.35. The zero-order chi connectivity index (χ0) is 19.4. The van der Waals surface area contributed by atoms with Gasteiger partial charge in [-0.3, -0.25) is 4.79 Å². The molecular formula is C18H17BrN4OS3. The van der Waals surface area contributed by atoms with Crippen molar-refractivity contribution in [2.75, 3.05) is 16.9 Å². The highest BCUT2D eigenvalue weighted by Crippen LogP contribution is 2.38. The van der Waals surface area contributed by atoms with E-state index in [2.05, 4.69) is 49.2 Å². The molecule has 140 valence electrons. The van der Waals surface area contributed by atoms with E-state index in [1.807, 2.05) is 48.7 Å². The third-order valence-electron chi connectivity index (χ3n) is 3.65. The van der Waals surface area contributed by atoms with Gasteiger partial charge in [-0.2, -0.15) is 12.6 Å². The zero-order valence-corrected chi connectivity index (χ0v) is 18.7. The number of carbonyl (C=O) groups is 1. The lowest BCUT2D eigenvalue weighted by Gasteiger charge is -2.20. The maximum Gasteiger partial charge on any atom is 0.251 e. The molecule has 1 atom stereocenters. The number of fused-ring (bicyclic) bond motifs is 1. The van der Waals surface area contributed by atoms with Crippen molar-refractivity contribution >= 4 is 84.1 Å². The monoisotopic (exact) mass is 480 g/mol. The summed E-state index contributed by atoms with van der Waals surface area (Å²) in [6.45, 7) is 1.77. The fraction of sp³-hybridized carbons (Fsp3) is 0.167. The van der Waals surface area contributed by atoms with E-state index in [0.29, 0.717) is 11.5 Å². The van der Waals surface area contributed by atoms with Crippen LogP contribution < -0.4 is 10.6 Å². The number of amides is 1. The second-order valence-corrected chi connectivity index (χ2v) is 10.7. The van der Waals surface area contributed by atoms with Crippen LogP contribution in [0.2, 0.25) is 0 Å². The maximum absolute atomic E-state index is 12.5. The highest BCUT2D eigenvalue weighted by molar-refractivity contribution is 9.10. The predicted octanol–water partition coefficient (Wildman–Crippen LogP) is 5.73. The van der Waals surface area contributed by atoms with Gasteiger partial charge in [0.1, 0.15) is 16.2 Å². The largest absolute Gasteiger partial charge is 0.340 e. The van der Waals surface area contributed by atoms with Crippen LogP contribution in [0.25, 0.3) is 10.9 Å². The Kier molecular flexibility index (Phi) is 6.56. The Hall–Kier alpha value is -1.42. The third kappa shape index (κ3) is 5.10. The Balaban J connectivity index is 1.91. The van der Waals surface area contributed by atoms with Crippen LogP contribution >= 0.6 is 50.1 Å². The molecule has 1 aromatic heterocycles. The molecule has 0 fully saturated rings. The van der Waals surface area contributed by atoms with Crippen molar-refractivity contribution in [2.24, 2.45) is 0 Å². The molecule has 1 heterocycles. The summed E-state index contributed by atoms with van der Waals surface area (Å²) in [7, 11) is 2.90. The smallest absolute Gasteiger partial charge is 0.251 e. The molecule has 3 rings (SSSR count). The third-order valence-corrected chi connectivity index (χ3v) is 7.16. The summed E-state index contributed by atoms with van der Waals surface area (Å²) in [5, 5.41) is 7.04. The van der Waals surface area contributed by atoms with Crippen LogP contribution in [0.15, 0.2) is 53.3 Å². The highest BCUT2D eigenvalue weighted by Gasteiger charge is 2.29. The fourth-order valence-electron chi connectivity index (χ4n) is 2.38. The summed E-state index contributed by atoms with van der Waals surface area (Å²) in [6.07, 6.45) is 3.43. The van der Waals surface area contributed by atoms with E-state index in [1.165, 1.54) is 27.9 Å². The normalized spacial score (nSPS) is 13.2. The molecule has 0 saturated heterocycles. The lowest BCUT2D eigenvalue weighted by Crippen LogP contribution is -2.31. The number of carbonyl (C=O) groups excluding carboxylic acids is 1. The van der Waals surface area contributed by atoms with Gasteiger partial charge in [-0.1, -0.05) is 43.6 Å². The SMILES string of the molecule is CSSC(C)(S)C(=O)Nc1ccc2ncnc(Nc3cccc(Br)c3)c2c1. The Morgan fingerprint density at radius 3 is 2.74 bits per heavy atom. The van der Waals surface area contributed by atoms with Gasteiger partial charge in [0.15, 0.2) is 0 Å².